The number of ether oxygens (including phenoxy) is 5. The molecule has 312 valence electrons. The molecule has 6 N–H and O–H groups in total. The van der Waals surface area contributed by atoms with Gasteiger partial charge in [-0.3, -0.25) is 9.59 Å². The van der Waals surface area contributed by atoms with Crippen LogP contribution < -0.4 is 0 Å². The Morgan fingerprint density at radius 2 is 0.981 bits per heavy atom. The van der Waals surface area contributed by atoms with Crippen molar-refractivity contribution in [1.82, 2.24) is 0 Å². The Kier molecular flexibility index (Phi) is 24.5. The van der Waals surface area contributed by atoms with Gasteiger partial charge in [0.1, 0.15) is 42.7 Å². The molecule has 2 aliphatic rings. The maximum Gasteiger partial charge on any atom is 0.308 e. The summed E-state index contributed by atoms with van der Waals surface area (Å²) in [7, 11) is 0. The molecule has 2 rings (SSSR count). The molecule has 0 unspecified atom stereocenters. The van der Waals surface area contributed by atoms with Crippen LogP contribution >= 0.6 is 0 Å². The SMILES string of the molecule is CCCCCCCCCCC[C@@H](CC(=O)O)OC(=O)C[C@@H](CCCCCCCCCCC)O[C@@H]1O[C@@H](C)[C@H](O)[C@@H](O)[C@H]1O[C@@H]1O[C@@H](C)[C@H](O)[C@@H](O)[C@H]1O. The lowest BCUT2D eigenvalue weighted by molar-refractivity contribution is -0.366. The van der Waals surface area contributed by atoms with E-state index >= 15 is 0 Å². The summed E-state index contributed by atoms with van der Waals surface area (Å²) in [6, 6.07) is 0. The maximum atomic E-state index is 13.4. The first kappa shape index (κ1) is 47.7. The van der Waals surface area contributed by atoms with Crippen LogP contribution in [0.3, 0.4) is 0 Å². The van der Waals surface area contributed by atoms with E-state index in [1.54, 1.807) is 6.92 Å². The fourth-order valence-electron chi connectivity index (χ4n) is 7.13. The van der Waals surface area contributed by atoms with Crippen LogP contribution in [0.2, 0.25) is 0 Å². The number of aliphatic hydroxyl groups is 5. The molecular formula is C40H74O13. The molecule has 0 spiro atoms. The molecule has 53 heavy (non-hydrogen) atoms. The third kappa shape index (κ3) is 18.4. The molecule has 2 heterocycles. The highest BCUT2D eigenvalue weighted by molar-refractivity contribution is 5.72. The largest absolute Gasteiger partial charge is 0.481 e. The molecule has 0 aromatic rings. The van der Waals surface area contributed by atoms with Gasteiger partial charge in [-0.2, -0.15) is 0 Å². The number of hydrogen-bond donors (Lipinski definition) is 6. The smallest absolute Gasteiger partial charge is 0.308 e. The number of carboxylic acid groups (broad SMARTS) is 1. The average Bonchev–Trinajstić information content (AvgIpc) is 3.11. The van der Waals surface area contributed by atoms with E-state index in [-0.39, 0.29) is 12.8 Å². The average molecular weight is 763 g/mol. The highest BCUT2D eigenvalue weighted by Gasteiger charge is 2.50. The molecule has 2 saturated heterocycles. The number of aliphatic carboxylic acids is 1. The molecule has 0 aliphatic carbocycles. The Balaban J connectivity index is 2.08. The summed E-state index contributed by atoms with van der Waals surface area (Å²) in [5.74, 6) is -1.65. The van der Waals surface area contributed by atoms with Crippen molar-refractivity contribution in [2.75, 3.05) is 0 Å². The second-order valence-electron chi connectivity index (χ2n) is 15.4. The molecule has 0 aromatic heterocycles. The minimum Gasteiger partial charge on any atom is -0.481 e. The van der Waals surface area contributed by atoms with Gasteiger partial charge in [-0.25, -0.2) is 0 Å². The van der Waals surface area contributed by atoms with E-state index in [0.717, 1.165) is 51.4 Å². The molecule has 2 aliphatic heterocycles. The number of carboxylic acids is 1. The Morgan fingerprint density at radius 1 is 0.547 bits per heavy atom. The van der Waals surface area contributed by atoms with Gasteiger partial charge in [-0.15, -0.1) is 0 Å². The predicted molar refractivity (Wildman–Crippen MR) is 199 cm³/mol. The van der Waals surface area contributed by atoms with Crippen molar-refractivity contribution in [2.45, 2.75) is 243 Å². The lowest BCUT2D eigenvalue weighted by Crippen LogP contribution is -2.63. The summed E-state index contributed by atoms with van der Waals surface area (Å²) in [6.45, 7) is 7.44. The summed E-state index contributed by atoms with van der Waals surface area (Å²) in [5, 5.41) is 62.3. The summed E-state index contributed by atoms with van der Waals surface area (Å²) in [5.41, 5.74) is 0. The first-order chi connectivity index (χ1) is 25.4. The summed E-state index contributed by atoms with van der Waals surface area (Å²) >= 11 is 0. The maximum absolute atomic E-state index is 13.4. The lowest BCUT2D eigenvalue weighted by Gasteiger charge is -2.46. The van der Waals surface area contributed by atoms with Crippen LogP contribution in [0.4, 0.5) is 0 Å². The van der Waals surface area contributed by atoms with Gasteiger partial charge in [-0.05, 0) is 33.1 Å². The Labute approximate surface area is 318 Å². The van der Waals surface area contributed by atoms with Crippen molar-refractivity contribution in [3.05, 3.63) is 0 Å². The molecular weight excluding hydrogens is 688 g/mol. The monoisotopic (exact) mass is 763 g/mol. The van der Waals surface area contributed by atoms with Gasteiger partial charge in [0.15, 0.2) is 12.6 Å². The van der Waals surface area contributed by atoms with Gasteiger partial charge in [0, 0.05) is 0 Å². The van der Waals surface area contributed by atoms with E-state index in [4.69, 9.17) is 23.7 Å². The Bertz CT molecular complexity index is 969. The molecule has 0 amide bonds. The molecule has 2 fully saturated rings. The molecule has 12 atom stereocenters. The van der Waals surface area contributed by atoms with E-state index < -0.39 is 85.6 Å². The number of hydrogen-bond acceptors (Lipinski definition) is 12. The third-order valence-electron chi connectivity index (χ3n) is 10.6. The molecule has 13 nitrogen and oxygen atoms in total. The number of carbonyl (C=O) groups excluding carboxylic acids is 1. The second-order valence-corrected chi connectivity index (χ2v) is 15.4. The van der Waals surface area contributed by atoms with Gasteiger partial charge in [0.05, 0.1) is 31.2 Å². The van der Waals surface area contributed by atoms with Crippen LogP contribution in [0, 0.1) is 0 Å². The van der Waals surface area contributed by atoms with Gasteiger partial charge >= 0.3 is 11.9 Å². The number of esters is 1. The molecule has 0 bridgehead atoms. The van der Waals surface area contributed by atoms with E-state index in [1.165, 1.54) is 71.1 Å². The molecule has 0 aromatic carbocycles. The van der Waals surface area contributed by atoms with E-state index in [2.05, 4.69) is 13.8 Å². The van der Waals surface area contributed by atoms with Crippen molar-refractivity contribution in [3.8, 4) is 0 Å². The number of rotatable bonds is 29. The Hall–Kier alpha value is -1.42. The normalized spacial score (nSPS) is 30.2. The Morgan fingerprint density at radius 3 is 1.47 bits per heavy atom. The van der Waals surface area contributed by atoms with Crippen molar-refractivity contribution < 1.29 is 63.9 Å². The number of aliphatic hydroxyl groups excluding tert-OH is 5. The standard InChI is InChI=1S/C40H74O13/c1-5-7-9-11-13-15-17-19-21-23-29(25-31(41)42)51-32(43)26-30(24-22-20-18-16-14-12-10-8-6-2)52-40-38(36(47)34(45)28(4)50-40)53-39-37(48)35(46)33(44)27(3)49-39/h27-30,33-40,44-48H,5-26H2,1-4H3,(H,41,42)/t27-,28-,29-,30+,33-,34-,35+,36+,37+,38+,39-,40-/m0/s1. The van der Waals surface area contributed by atoms with Crippen LogP contribution in [0.5, 0.6) is 0 Å². The fourth-order valence-corrected chi connectivity index (χ4v) is 7.13. The van der Waals surface area contributed by atoms with Crippen LogP contribution in [0.1, 0.15) is 169 Å². The summed E-state index contributed by atoms with van der Waals surface area (Å²) in [6.07, 6.45) is 5.19. The van der Waals surface area contributed by atoms with E-state index in [9.17, 15) is 40.2 Å². The van der Waals surface area contributed by atoms with Crippen LogP contribution in [-0.2, 0) is 33.3 Å². The number of unbranched alkanes of at least 4 members (excludes halogenated alkanes) is 16. The van der Waals surface area contributed by atoms with Gasteiger partial charge < -0.3 is 54.3 Å². The minimum atomic E-state index is -1.67. The van der Waals surface area contributed by atoms with E-state index in [1.807, 2.05) is 0 Å². The van der Waals surface area contributed by atoms with Crippen LogP contribution in [-0.4, -0.2) is 116 Å². The van der Waals surface area contributed by atoms with Crippen molar-refractivity contribution in [2.24, 2.45) is 0 Å². The topological polar surface area (TPSA) is 202 Å². The highest BCUT2D eigenvalue weighted by atomic mass is 16.8. The zero-order chi connectivity index (χ0) is 39.2. The highest BCUT2D eigenvalue weighted by Crippen LogP contribution is 2.31. The zero-order valence-electron chi connectivity index (χ0n) is 33.0. The van der Waals surface area contributed by atoms with Crippen molar-refractivity contribution >= 4 is 11.9 Å². The van der Waals surface area contributed by atoms with Crippen LogP contribution in [0.15, 0.2) is 0 Å². The minimum absolute atomic E-state index is 0.199. The molecule has 13 heteroatoms. The molecule has 0 saturated carbocycles. The third-order valence-corrected chi connectivity index (χ3v) is 10.6. The van der Waals surface area contributed by atoms with Gasteiger partial charge in [0.2, 0.25) is 0 Å². The lowest BCUT2D eigenvalue weighted by atomic mass is 9.97. The summed E-state index contributed by atoms with van der Waals surface area (Å²) in [4.78, 5) is 25.0. The first-order valence-corrected chi connectivity index (χ1v) is 20.8. The van der Waals surface area contributed by atoms with Crippen LogP contribution in [0.25, 0.3) is 0 Å². The second kappa shape index (κ2) is 27.2. The van der Waals surface area contributed by atoms with Gasteiger partial charge in [-0.1, -0.05) is 123 Å². The quantitative estimate of drug-likeness (QED) is 0.0403. The fraction of sp³-hybridized carbons (Fsp3) is 0.950. The summed E-state index contributed by atoms with van der Waals surface area (Å²) < 4.78 is 29.5. The first-order valence-electron chi connectivity index (χ1n) is 20.8. The van der Waals surface area contributed by atoms with Gasteiger partial charge in [0.25, 0.3) is 0 Å². The van der Waals surface area contributed by atoms with E-state index in [0.29, 0.717) is 12.8 Å². The zero-order valence-corrected chi connectivity index (χ0v) is 33.0. The molecule has 0 radical (unpaired) electrons. The van der Waals surface area contributed by atoms with Crippen molar-refractivity contribution in [1.29, 1.82) is 0 Å². The number of carbonyl (C=O) groups is 2. The predicted octanol–water partition coefficient (Wildman–Crippen LogP) is 5.67. The van der Waals surface area contributed by atoms with Crippen molar-refractivity contribution in [3.63, 3.8) is 0 Å².